The SMILES string of the molecule is CCCCCCCCCCCCCCCCCC(=O)c1c(C)[nH]c(CC(=O)O)c1C. The molecule has 4 nitrogen and oxygen atoms in total. The fourth-order valence-electron chi connectivity index (χ4n) is 4.34. The molecule has 0 spiro atoms. The average molecular weight is 420 g/mol. The summed E-state index contributed by atoms with van der Waals surface area (Å²) in [4.78, 5) is 26.6. The van der Waals surface area contributed by atoms with Crippen LogP contribution in [0.5, 0.6) is 0 Å². The predicted molar refractivity (Wildman–Crippen MR) is 125 cm³/mol. The van der Waals surface area contributed by atoms with E-state index in [9.17, 15) is 9.59 Å². The van der Waals surface area contributed by atoms with Gasteiger partial charge in [-0.3, -0.25) is 9.59 Å². The normalized spacial score (nSPS) is 11.2. The van der Waals surface area contributed by atoms with E-state index in [1.54, 1.807) is 0 Å². The third kappa shape index (κ3) is 11.0. The summed E-state index contributed by atoms with van der Waals surface area (Å²) in [5.41, 5.74) is 2.96. The second kappa shape index (κ2) is 16.2. The van der Waals surface area contributed by atoms with Gasteiger partial charge in [0.15, 0.2) is 5.78 Å². The van der Waals surface area contributed by atoms with E-state index in [1.807, 2.05) is 13.8 Å². The van der Waals surface area contributed by atoms with Gasteiger partial charge >= 0.3 is 5.97 Å². The third-order valence-electron chi connectivity index (χ3n) is 6.16. The number of hydrogen-bond acceptors (Lipinski definition) is 2. The standard InChI is InChI=1S/C26H45NO3/c1-4-5-6-7-8-9-10-11-12-13-14-15-16-17-18-19-24(28)26-21(2)23(20-25(29)30)27-22(26)3/h27H,4-20H2,1-3H3,(H,29,30). The third-order valence-corrected chi connectivity index (χ3v) is 6.16. The molecule has 0 unspecified atom stereocenters. The summed E-state index contributed by atoms with van der Waals surface area (Å²) >= 11 is 0. The predicted octanol–water partition coefficient (Wildman–Crippen LogP) is 7.70. The maximum absolute atomic E-state index is 12.6. The first-order chi connectivity index (χ1) is 14.5. The van der Waals surface area contributed by atoms with Crippen molar-refractivity contribution in [2.75, 3.05) is 0 Å². The quantitative estimate of drug-likeness (QED) is 0.178. The van der Waals surface area contributed by atoms with Crippen molar-refractivity contribution in [2.45, 2.75) is 130 Å². The molecule has 1 rings (SSSR count). The largest absolute Gasteiger partial charge is 0.481 e. The Kier molecular flexibility index (Phi) is 14.2. The first kappa shape index (κ1) is 26.5. The van der Waals surface area contributed by atoms with Crippen LogP contribution in [-0.4, -0.2) is 21.8 Å². The number of aromatic nitrogens is 1. The fourth-order valence-corrected chi connectivity index (χ4v) is 4.34. The van der Waals surface area contributed by atoms with Crippen molar-refractivity contribution in [1.29, 1.82) is 0 Å². The van der Waals surface area contributed by atoms with Crippen molar-refractivity contribution < 1.29 is 14.7 Å². The zero-order valence-electron chi connectivity index (χ0n) is 19.8. The number of H-pyrrole nitrogens is 1. The van der Waals surface area contributed by atoms with Crippen molar-refractivity contribution in [3.8, 4) is 0 Å². The Balaban J connectivity index is 2.02. The molecule has 1 aromatic rings. The van der Waals surface area contributed by atoms with Gasteiger partial charge in [-0.05, 0) is 25.8 Å². The number of ketones is 1. The lowest BCUT2D eigenvalue weighted by Crippen LogP contribution is -2.04. The van der Waals surface area contributed by atoms with Crippen molar-refractivity contribution in [3.05, 3.63) is 22.5 Å². The summed E-state index contributed by atoms with van der Waals surface area (Å²) < 4.78 is 0. The van der Waals surface area contributed by atoms with Crippen LogP contribution in [0.4, 0.5) is 0 Å². The second-order valence-corrected chi connectivity index (χ2v) is 8.92. The van der Waals surface area contributed by atoms with Gasteiger partial charge in [0.05, 0.1) is 6.42 Å². The molecule has 0 aliphatic carbocycles. The van der Waals surface area contributed by atoms with Gasteiger partial charge in [-0.1, -0.05) is 96.8 Å². The molecule has 0 amide bonds. The molecule has 0 bridgehead atoms. The molecule has 0 saturated heterocycles. The van der Waals surface area contributed by atoms with Crippen LogP contribution >= 0.6 is 0 Å². The number of Topliss-reactive ketones (excluding diaryl/α,β-unsaturated/α-hetero) is 1. The van der Waals surface area contributed by atoms with Gasteiger partial charge in [0.25, 0.3) is 0 Å². The molecule has 2 N–H and O–H groups in total. The molecule has 4 heteroatoms. The zero-order chi connectivity index (χ0) is 22.2. The molecule has 1 aromatic heterocycles. The maximum Gasteiger partial charge on any atom is 0.309 e. The number of hydrogen-bond donors (Lipinski definition) is 2. The molecule has 0 aliphatic heterocycles. The highest BCUT2D eigenvalue weighted by Gasteiger charge is 2.18. The van der Waals surface area contributed by atoms with Crippen molar-refractivity contribution in [3.63, 3.8) is 0 Å². The topological polar surface area (TPSA) is 70.2 Å². The van der Waals surface area contributed by atoms with Crippen molar-refractivity contribution in [2.24, 2.45) is 0 Å². The van der Waals surface area contributed by atoms with Crippen molar-refractivity contribution >= 4 is 11.8 Å². The van der Waals surface area contributed by atoms with Gasteiger partial charge < -0.3 is 10.1 Å². The molecule has 0 radical (unpaired) electrons. The van der Waals surface area contributed by atoms with Gasteiger partial charge in [0, 0.05) is 23.4 Å². The number of aryl methyl sites for hydroxylation is 1. The summed E-state index contributed by atoms with van der Waals surface area (Å²) in [6.07, 6.45) is 20.2. The number of carboxylic acid groups (broad SMARTS) is 1. The summed E-state index contributed by atoms with van der Waals surface area (Å²) in [6, 6.07) is 0. The Morgan fingerprint density at radius 3 is 1.60 bits per heavy atom. The van der Waals surface area contributed by atoms with Gasteiger partial charge in [-0.25, -0.2) is 0 Å². The average Bonchev–Trinajstić information content (AvgIpc) is 2.97. The van der Waals surface area contributed by atoms with Gasteiger partial charge in [-0.2, -0.15) is 0 Å². The van der Waals surface area contributed by atoms with Gasteiger partial charge in [0.2, 0.25) is 0 Å². The lowest BCUT2D eigenvalue weighted by Gasteiger charge is -2.04. The van der Waals surface area contributed by atoms with Gasteiger partial charge in [0.1, 0.15) is 0 Å². The second-order valence-electron chi connectivity index (χ2n) is 8.92. The first-order valence-electron chi connectivity index (χ1n) is 12.4. The monoisotopic (exact) mass is 419 g/mol. The Bertz CT molecular complexity index is 618. The Labute approximate surface area is 184 Å². The molecule has 1 heterocycles. The van der Waals surface area contributed by atoms with E-state index >= 15 is 0 Å². The number of carbonyl (C=O) groups excluding carboxylic acids is 1. The number of nitrogens with one attached hydrogen (secondary N) is 1. The minimum absolute atomic E-state index is 0.0566. The summed E-state index contributed by atoms with van der Waals surface area (Å²) in [7, 11) is 0. The molecule has 0 aliphatic rings. The first-order valence-corrected chi connectivity index (χ1v) is 12.4. The summed E-state index contributed by atoms with van der Waals surface area (Å²) in [5.74, 6) is -0.728. The van der Waals surface area contributed by atoms with Crippen LogP contribution in [0.1, 0.15) is 137 Å². The van der Waals surface area contributed by atoms with E-state index < -0.39 is 5.97 Å². The van der Waals surface area contributed by atoms with Crippen LogP contribution < -0.4 is 0 Å². The minimum atomic E-state index is -0.874. The Morgan fingerprint density at radius 2 is 1.17 bits per heavy atom. The van der Waals surface area contributed by atoms with Crippen LogP contribution in [-0.2, 0) is 11.2 Å². The van der Waals surface area contributed by atoms with Crippen LogP contribution in [0.15, 0.2) is 0 Å². The van der Waals surface area contributed by atoms with Crippen molar-refractivity contribution in [1.82, 2.24) is 4.98 Å². The van der Waals surface area contributed by atoms with Crippen LogP contribution in [0.25, 0.3) is 0 Å². The molecule has 0 aromatic carbocycles. The summed E-state index contributed by atoms with van der Waals surface area (Å²) in [6.45, 7) is 5.98. The molecular weight excluding hydrogens is 374 g/mol. The lowest BCUT2D eigenvalue weighted by atomic mass is 9.99. The van der Waals surface area contributed by atoms with E-state index in [0.29, 0.717) is 17.7 Å². The van der Waals surface area contributed by atoms with E-state index in [0.717, 1.165) is 24.1 Å². The summed E-state index contributed by atoms with van der Waals surface area (Å²) in [5, 5.41) is 8.98. The zero-order valence-corrected chi connectivity index (χ0v) is 19.8. The van der Waals surface area contributed by atoms with Crippen LogP contribution in [0, 0.1) is 13.8 Å². The molecular formula is C26H45NO3. The van der Waals surface area contributed by atoms with Crippen LogP contribution in [0.2, 0.25) is 0 Å². The Morgan fingerprint density at radius 1 is 0.733 bits per heavy atom. The van der Waals surface area contributed by atoms with Crippen LogP contribution in [0.3, 0.4) is 0 Å². The smallest absolute Gasteiger partial charge is 0.309 e. The Hall–Kier alpha value is -1.58. The van der Waals surface area contributed by atoms with E-state index in [-0.39, 0.29) is 12.2 Å². The highest BCUT2D eigenvalue weighted by atomic mass is 16.4. The van der Waals surface area contributed by atoms with Gasteiger partial charge in [-0.15, -0.1) is 0 Å². The maximum atomic E-state index is 12.6. The van der Waals surface area contributed by atoms with E-state index in [4.69, 9.17) is 5.11 Å². The number of aromatic amines is 1. The number of rotatable bonds is 19. The minimum Gasteiger partial charge on any atom is -0.481 e. The molecule has 0 fully saturated rings. The fraction of sp³-hybridized carbons (Fsp3) is 0.769. The number of aliphatic carboxylic acids is 1. The number of unbranched alkanes of at least 4 members (excludes halogenated alkanes) is 14. The number of carboxylic acids is 1. The van der Waals surface area contributed by atoms with E-state index in [1.165, 1.54) is 83.5 Å². The molecule has 30 heavy (non-hydrogen) atoms. The number of carbonyl (C=O) groups is 2. The molecule has 0 atom stereocenters. The lowest BCUT2D eigenvalue weighted by molar-refractivity contribution is -0.136. The highest BCUT2D eigenvalue weighted by molar-refractivity contribution is 5.99. The molecule has 172 valence electrons. The molecule has 0 saturated carbocycles. The highest BCUT2D eigenvalue weighted by Crippen LogP contribution is 2.21. The van der Waals surface area contributed by atoms with E-state index in [2.05, 4.69) is 11.9 Å².